The molecule has 0 saturated carbocycles. The number of alkyl halides is 3. The molecule has 0 saturated heterocycles. The lowest BCUT2D eigenvalue weighted by molar-refractivity contribution is -0.137. The van der Waals surface area contributed by atoms with Crippen LogP contribution in [0, 0.1) is 0 Å². The first kappa shape index (κ1) is 26.7. The molecule has 3 heterocycles. The first-order chi connectivity index (χ1) is 19.7. The molecule has 2 aromatic heterocycles. The minimum Gasteiger partial charge on any atom is -0.457 e. The second-order valence-corrected chi connectivity index (χ2v) is 11.5. The van der Waals surface area contributed by atoms with Crippen molar-refractivity contribution in [1.82, 2.24) is 14.3 Å². The third kappa shape index (κ3) is 5.59. The molecule has 6 rings (SSSR count). The van der Waals surface area contributed by atoms with Crippen molar-refractivity contribution in [3.63, 3.8) is 0 Å². The highest BCUT2D eigenvalue weighted by molar-refractivity contribution is 7.89. The van der Waals surface area contributed by atoms with Gasteiger partial charge in [-0.3, -0.25) is 4.98 Å². The molecule has 11 heteroatoms. The average molecular weight is 577 g/mol. The number of halogens is 3. The third-order valence-corrected chi connectivity index (χ3v) is 8.70. The fraction of sp³-hybridized carbons (Fsp3) is 0.133. The van der Waals surface area contributed by atoms with Gasteiger partial charge >= 0.3 is 6.18 Å². The van der Waals surface area contributed by atoms with E-state index in [2.05, 4.69) is 15.3 Å². The molecule has 0 atom stereocenters. The Labute approximate surface area is 234 Å². The zero-order valence-electron chi connectivity index (χ0n) is 21.5. The molecule has 208 valence electrons. The van der Waals surface area contributed by atoms with Crippen molar-refractivity contribution in [2.24, 2.45) is 0 Å². The van der Waals surface area contributed by atoms with Gasteiger partial charge in [0.1, 0.15) is 17.3 Å². The number of sulfonamides is 1. The second kappa shape index (κ2) is 10.5. The van der Waals surface area contributed by atoms with Crippen LogP contribution in [0.4, 0.5) is 24.7 Å². The van der Waals surface area contributed by atoms with Gasteiger partial charge in [0.2, 0.25) is 10.0 Å². The molecule has 0 aliphatic carbocycles. The Bertz CT molecular complexity index is 1830. The third-order valence-electron chi connectivity index (χ3n) is 6.84. The summed E-state index contributed by atoms with van der Waals surface area (Å²) in [7, 11) is -3.81. The summed E-state index contributed by atoms with van der Waals surface area (Å²) in [5.74, 6) is 1.18. The van der Waals surface area contributed by atoms with Gasteiger partial charge < -0.3 is 10.1 Å². The Hall–Kier alpha value is -4.48. The molecule has 7 nitrogen and oxygen atoms in total. The molecule has 0 radical (unpaired) electrons. The predicted molar refractivity (Wildman–Crippen MR) is 149 cm³/mol. The topological polar surface area (TPSA) is 84.4 Å². The average Bonchev–Trinajstić information content (AvgIpc) is 2.97. The molecule has 1 N–H and O–H groups in total. The Morgan fingerprint density at radius 2 is 1.59 bits per heavy atom. The number of rotatable bonds is 6. The van der Waals surface area contributed by atoms with Crippen LogP contribution in [-0.2, 0) is 29.2 Å². The molecule has 3 aromatic carbocycles. The minimum atomic E-state index is -4.44. The van der Waals surface area contributed by atoms with Crippen LogP contribution in [0.25, 0.3) is 10.9 Å². The van der Waals surface area contributed by atoms with Crippen molar-refractivity contribution >= 4 is 32.4 Å². The number of nitrogens with one attached hydrogen (secondary N) is 1. The van der Waals surface area contributed by atoms with E-state index in [0.717, 1.165) is 39.8 Å². The maximum Gasteiger partial charge on any atom is 0.416 e. The molecule has 5 aromatic rings. The fourth-order valence-corrected chi connectivity index (χ4v) is 6.15. The summed E-state index contributed by atoms with van der Waals surface area (Å²) in [6.45, 7) is 0.462. The van der Waals surface area contributed by atoms with Crippen LogP contribution in [0.1, 0.15) is 16.7 Å². The van der Waals surface area contributed by atoms with Gasteiger partial charge in [0.05, 0.1) is 27.9 Å². The first-order valence-corrected chi connectivity index (χ1v) is 14.1. The number of aromatic nitrogens is 2. The second-order valence-electron chi connectivity index (χ2n) is 9.52. The van der Waals surface area contributed by atoms with Gasteiger partial charge in [-0.1, -0.05) is 18.2 Å². The van der Waals surface area contributed by atoms with E-state index in [4.69, 9.17) is 4.74 Å². The van der Waals surface area contributed by atoms with Gasteiger partial charge in [0.15, 0.2) is 0 Å². The standard InChI is InChI=1S/C30H23F3N4O3S/c31-30(32,33)22-5-7-24(8-6-22)40-25-9-11-26(12-10-25)41(38,39)37-16-14-27-21(19-37)13-15-34-29(27)36-23-17-20-3-1-2-4-28(20)35-18-23/h1-13,15,17-18H,14,16,19H2,(H,34,36). The molecule has 41 heavy (non-hydrogen) atoms. The summed E-state index contributed by atoms with van der Waals surface area (Å²) in [6.07, 6.45) is -0.569. The minimum absolute atomic E-state index is 0.0929. The van der Waals surface area contributed by atoms with Crippen LogP contribution < -0.4 is 10.1 Å². The predicted octanol–water partition coefficient (Wildman–Crippen LogP) is 6.93. The Morgan fingerprint density at radius 1 is 0.878 bits per heavy atom. The van der Waals surface area contributed by atoms with Gasteiger partial charge in [0, 0.05) is 30.2 Å². The van der Waals surface area contributed by atoms with Crippen molar-refractivity contribution in [1.29, 1.82) is 0 Å². The Balaban J connectivity index is 1.16. The maximum atomic E-state index is 13.4. The van der Waals surface area contributed by atoms with Gasteiger partial charge in [-0.05, 0) is 78.7 Å². The maximum absolute atomic E-state index is 13.4. The SMILES string of the molecule is O=S(=O)(c1ccc(Oc2ccc(C(F)(F)F)cc2)cc1)N1CCc2c(ccnc2Nc2cnc3ccccc3c2)C1. The first-order valence-electron chi connectivity index (χ1n) is 12.7. The van der Waals surface area contributed by atoms with Crippen LogP contribution >= 0.6 is 0 Å². The van der Waals surface area contributed by atoms with Crippen molar-refractivity contribution in [3.05, 3.63) is 114 Å². The Kier molecular flexibility index (Phi) is 6.84. The number of para-hydroxylation sites is 1. The number of fused-ring (bicyclic) bond motifs is 2. The molecule has 0 spiro atoms. The highest BCUT2D eigenvalue weighted by Crippen LogP contribution is 2.33. The van der Waals surface area contributed by atoms with Crippen molar-refractivity contribution in [2.45, 2.75) is 24.0 Å². The van der Waals surface area contributed by atoms with E-state index in [1.165, 1.54) is 40.7 Å². The molecular formula is C30H23F3N4O3S. The number of hydrogen-bond donors (Lipinski definition) is 1. The summed E-state index contributed by atoms with van der Waals surface area (Å²) in [6, 6.07) is 21.7. The smallest absolute Gasteiger partial charge is 0.416 e. The van der Waals surface area contributed by atoms with Crippen molar-refractivity contribution in [3.8, 4) is 11.5 Å². The number of nitrogens with zero attached hydrogens (tertiary/aromatic N) is 3. The largest absolute Gasteiger partial charge is 0.457 e. The number of hydrogen-bond acceptors (Lipinski definition) is 6. The number of benzene rings is 3. The summed E-state index contributed by atoms with van der Waals surface area (Å²) < 4.78 is 72.2. The number of pyridine rings is 2. The summed E-state index contributed by atoms with van der Waals surface area (Å²) in [4.78, 5) is 9.07. The van der Waals surface area contributed by atoms with Gasteiger partial charge in [-0.25, -0.2) is 13.4 Å². The molecular weight excluding hydrogens is 553 g/mol. The van der Waals surface area contributed by atoms with E-state index in [9.17, 15) is 21.6 Å². The van der Waals surface area contributed by atoms with E-state index in [1.54, 1.807) is 12.4 Å². The number of ether oxygens (including phenoxy) is 1. The Morgan fingerprint density at radius 3 is 2.32 bits per heavy atom. The highest BCUT2D eigenvalue weighted by Gasteiger charge is 2.31. The lowest BCUT2D eigenvalue weighted by atomic mass is 10.0. The van der Waals surface area contributed by atoms with Crippen molar-refractivity contribution in [2.75, 3.05) is 11.9 Å². The van der Waals surface area contributed by atoms with E-state index in [-0.39, 0.29) is 23.7 Å². The highest BCUT2D eigenvalue weighted by atomic mass is 32.2. The molecule has 0 unspecified atom stereocenters. The van der Waals surface area contributed by atoms with E-state index in [0.29, 0.717) is 18.0 Å². The van der Waals surface area contributed by atoms with Gasteiger partial charge in [-0.15, -0.1) is 0 Å². The quantitative estimate of drug-likeness (QED) is 0.236. The van der Waals surface area contributed by atoms with E-state index < -0.39 is 21.8 Å². The molecule has 1 aliphatic heterocycles. The van der Waals surface area contributed by atoms with Crippen LogP contribution in [0.15, 0.2) is 102 Å². The molecule has 1 aliphatic rings. The lowest BCUT2D eigenvalue weighted by Gasteiger charge is -2.29. The fourth-order valence-electron chi connectivity index (χ4n) is 4.73. The van der Waals surface area contributed by atoms with Crippen LogP contribution in [0.3, 0.4) is 0 Å². The summed E-state index contributed by atoms with van der Waals surface area (Å²) >= 11 is 0. The van der Waals surface area contributed by atoms with Gasteiger partial charge in [-0.2, -0.15) is 17.5 Å². The van der Waals surface area contributed by atoms with Crippen LogP contribution in [0.2, 0.25) is 0 Å². The zero-order valence-corrected chi connectivity index (χ0v) is 22.3. The monoisotopic (exact) mass is 576 g/mol. The molecule has 0 bridgehead atoms. The van der Waals surface area contributed by atoms with Crippen LogP contribution in [0.5, 0.6) is 11.5 Å². The van der Waals surface area contributed by atoms with E-state index in [1.807, 2.05) is 36.4 Å². The normalized spacial score (nSPS) is 14.0. The lowest BCUT2D eigenvalue weighted by Crippen LogP contribution is -2.36. The van der Waals surface area contributed by atoms with E-state index >= 15 is 0 Å². The summed E-state index contributed by atoms with van der Waals surface area (Å²) in [5.41, 5.74) is 2.71. The number of anilines is 2. The summed E-state index contributed by atoms with van der Waals surface area (Å²) in [5, 5.41) is 4.33. The van der Waals surface area contributed by atoms with Crippen LogP contribution in [-0.4, -0.2) is 29.2 Å². The van der Waals surface area contributed by atoms with Crippen molar-refractivity contribution < 1.29 is 26.3 Å². The molecule has 0 fully saturated rings. The molecule has 0 amide bonds. The zero-order chi connectivity index (χ0) is 28.6. The van der Waals surface area contributed by atoms with Gasteiger partial charge in [0.25, 0.3) is 0 Å².